The molecule has 2 rings (SSSR count). The normalized spacial score (nSPS) is 17.1. The number of carbonyl (C=O) groups is 1. The summed E-state index contributed by atoms with van der Waals surface area (Å²) >= 11 is 0. The van der Waals surface area contributed by atoms with Gasteiger partial charge in [0.1, 0.15) is 6.04 Å². The van der Waals surface area contributed by atoms with Crippen molar-refractivity contribution in [3.8, 4) is 0 Å². The minimum absolute atomic E-state index is 0.241. The van der Waals surface area contributed by atoms with Crippen LogP contribution in [0.2, 0.25) is 0 Å². The van der Waals surface area contributed by atoms with Crippen LogP contribution in [0.1, 0.15) is 50.2 Å². The molecule has 0 spiro atoms. The third-order valence-electron chi connectivity index (χ3n) is 4.84. The van der Waals surface area contributed by atoms with Crippen LogP contribution in [0, 0.1) is 19.8 Å². The Balaban J connectivity index is 2.15. The van der Waals surface area contributed by atoms with E-state index in [1.807, 2.05) is 19.9 Å². The molecular formula is C19H30N2O3S. The van der Waals surface area contributed by atoms with E-state index in [0.29, 0.717) is 18.2 Å². The molecule has 0 radical (unpaired) electrons. The van der Waals surface area contributed by atoms with Crippen LogP contribution in [-0.2, 0) is 14.8 Å². The van der Waals surface area contributed by atoms with Gasteiger partial charge in [-0.2, -0.15) is 0 Å². The fraction of sp³-hybridized carbons (Fsp3) is 0.632. The third-order valence-corrected chi connectivity index (χ3v) is 6.08. The Morgan fingerprint density at radius 2 is 1.72 bits per heavy atom. The van der Waals surface area contributed by atoms with Gasteiger partial charge in [0, 0.05) is 6.54 Å². The monoisotopic (exact) mass is 366 g/mol. The number of hydrogen-bond acceptors (Lipinski definition) is 3. The lowest BCUT2D eigenvalue weighted by Gasteiger charge is -2.30. The Labute approximate surface area is 151 Å². The van der Waals surface area contributed by atoms with Crippen LogP contribution in [0.5, 0.6) is 0 Å². The average molecular weight is 367 g/mol. The number of aryl methyl sites for hydroxylation is 2. The first-order valence-corrected chi connectivity index (χ1v) is 10.9. The highest BCUT2D eigenvalue weighted by Crippen LogP contribution is 2.25. The fourth-order valence-corrected chi connectivity index (χ4v) is 4.83. The van der Waals surface area contributed by atoms with Crippen LogP contribution < -0.4 is 9.62 Å². The topological polar surface area (TPSA) is 66.5 Å². The summed E-state index contributed by atoms with van der Waals surface area (Å²) in [7, 11) is -3.57. The van der Waals surface area contributed by atoms with Crippen LogP contribution in [0.4, 0.5) is 5.69 Å². The molecule has 140 valence electrons. The predicted octanol–water partition coefficient (Wildman–Crippen LogP) is 3.15. The lowest BCUT2D eigenvalue weighted by Crippen LogP contribution is -2.48. The van der Waals surface area contributed by atoms with Gasteiger partial charge in [-0.1, -0.05) is 25.3 Å². The number of carbonyl (C=O) groups excluding carboxylic acids is 1. The van der Waals surface area contributed by atoms with Gasteiger partial charge in [-0.3, -0.25) is 9.10 Å². The molecule has 1 aromatic carbocycles. The highest BCUT2D eigenvalue weighted by Gasteiger charge is 2.29. The van der Waals surface area contributed by atoms with Crippen LogP contribution in [0.3, 0.4) is 0 Å². The summed E-state index contributed by atoms with van der Waals surface area (Å²) in [6.45, 7) is 6.12. The minimum Gasteiger partial charge on any atom is -0.354 e. The molecule has 25 heavy (non-hydrogen) atoms. The number of amides is 1. The molecule has 0 saturated heterocycles. The first-order chi connectivity index (χ1) is 11.7. The van der Waals surface area contributed by atoms with Gasteiger partial charge in [-0.05, 0) is 62.8 Å². The van der Waals surface area contributed by atoms with Crippen molar-refractivity contribution in [3.05, 3.63) is 29.3 Å². The Morgan fingerprint density at radius 1 is 1.16 bits per heavy atom. The van der Waals surface area contributed by atoms with Crippen molar-refractivity contribution in [3.63, 3.8) is 0 Å². The Kier molecular flexibility index (Phi) is 6.49. The van der Waals surface area contributed by atoms with Crippen LogP contribution in [0.25, 0.3) is 0 Å². The smallest absolute Gasteiger partial charge is 0.243 e. The molecule has 0 aromatic heterocycles. The second-order valence-corrected chi connectivity index (χ2v) is 9.19. The molecule has 0 bridgehead atoms. The van der Waals surface area contributed by atoms with Crippen molar-refractivity contribution in [2.45, 2.75) is 58.9 Å². The zero-order chi connectivity index (χ0) is 18.6. The molecule has 1 fully saturated rings. The zero-order valence-electron chi connectivity index (χ0n) is 15.7. The highest BCUT2D eigenvalue weighted by atomic mass is 32.2. The summed E-state index contributed by atoms with van der Waals surface area (Å²) in [6, 6.07) is 4.81. The number of nitrogens with one attached hydrogen (secondary N) is 1. The molecule has 0 heterocycles. The maximum absolute atomic E-state index is 12.6. The van der Waals surface area contributed by atoms with Crippen molar-refractivity contribution in [2.24, 2.45) is 5.92 Å². The van der Waals surface area contributed by atoms with Crippen molar-refractivity contribution >= 4 is 21.6 Å². The molecule has 1 unspecified atom stereocenters. The molecule has 1 atom stereocenters. The molecule has 6 heteroatoms. The maximum atomic E-state index is 12.6. The van der Waals surface area contributed by atoms with Crippen LogP contribution in [0.15, 0.2) is 18.2 Å². The highest BCUT2D eigenvalue weighted by molar-refractivity contribution is 7.92. The van der Waals surface area contributed by atoms with E-state index in [2.05, 4.69) is 5.32 Å². The van der Waals surface area contributed by atoms with E-state index in [1.165, 1.54) is 23.6 Å². The van der Waals surface area contributed by atoms with E-state index in [4.69, 9.17) is 0 Å². The second-order valence-electron chi connectivity index (χ2n) is 7.33. The van der Waals surface area contributed by atoms with Crippen molar-refractivity contribution in [1.29, 1.82) is 0 Å². The summed E-state index contributed by atoms with van der Waals surface area (Å²) in [4.78, 5) is 12.6. The first-order valence-electron chi connectivity index (χ1n) is 9.04. The van der Waals surface area contributed by atoms with Gasteiger partial charge >= 0.3 is 0 Å². The largest absolute Gasteiger partial charge is 0.354 e. The van der Waals surface area contributed by atoms with Gasteiger partial charge in [0.25, 0.3) is 0 Å². The van der Waals surface area contributed by atoms with Gasteiger partial charge in [0.05, 0.1) is 11.9 Å². The summed E-state index contributed by atoms with van der Waals surface area (Å²) in [6.07, 6.45) is 7.14. The van der Waals surface area contributed by atoms with Crippen LogP contribution >= 0.6 is 0 Å². The van der Waals surface area contributed by atoms with Crippen LogP contribution in [-0.4, -0.2) is 33.2 Å². The number of anilines is 1. The van der Waals surface area contributed by atoms with E-state index in [1.54, 1.807) is 19.1 Å². The summed E-state index contributed by atoms with van der Waals surface area (Å²) in [5.41, 5.74) is 2.48. The number of hydrogen-bond donors (Lipinski definition) is 1. The van der Waals surface area contributed by atoms with Gasteiger partial charge < -0.3 is 5.32 Å². The Morgan fingerprint density at radius 3 is 2.24 bits per heavy atom. The van der Waals surface area contributed by atoms with E-state index in [9.17, 15) is 13.2 Å². The van der Waals surface area contributed by atoms with Crippen molar-refractivity contribution in [2.75, 3.05) is 17.1 Å². The lowest BCUT2D eigenvalue weighted by atomic mass is 9.89. The molecule has 1 aliphatic rings. The zero-order valence-corrected chi connectivity index (χ0v) is 16.5. The molecule has 1 N–H and O–H groups in total. The summed E-state index contributed by atoms with van der Waals surface area (Å²) in [5, 5.41) is 2.96. The van der Waals surface area contributed by atoms with E-state index >= 15 is 0 Å². The lowest BCUT2D eigenvalue weighted by molar-refractivity contribution is -0.122. The molecule has 0 aliphatic heterocycles. The second kappa shape index (κ2) is 8.21. The fourth-order valence-electron chi connectivity index (χ4n) is 3.67. The molecule has 1 aliphatic carbocycles. The maximum Gasteiger partial charge on any atom is 0.243 e. The predicted molar refractivity (Wildman–Crippen MR) is 102 cm³/mol. The minimum atomic E-state index is -3.57. The molecule has 1 aromatic rings. The number of benzene rings is 1. The third kappa shape index (κ3) is 5.46. The molecule has 1 amide bonds. The Hall–Kier alpha value is -1.56. The molecule has 1 saturated carbocycles. The first kappa shape index (κ1) is 19.8. The number of rotatable bonds is 6. The summed E-state index contributed by atoms with van der Waals surface area (Å²) in [5.74, 6) is 0.271. The van der Waals surface area contributed by atoms with Gasteiger partial charge in [0.15, 0.2) is 0 Å². The van der Waals surface area contributed by atoms with Gasteiger partial charge in [-0.25, -0.2) is 8.42 Å². The SMILES string of the molecule is Cc1cc(C)cc(N(C(C)C(=O)NCC2CCCCC2)S(C)(=O)=O)c1. The van der Waals surface area contributed by atoms with Crippen molar-refractivity contribution < 1.29 is 13.2 Å². The number of nitrogens with zero attached hydrogens (tertiary/aromatic N) is 1. The summed E-state index contributed by atoms with van der Waals surface area (Å²) < 4.78 is 25.9. The van der Waals surface area contributed by atoms with E-state index < -0.39 is 16.1 Å². The average Bonchev–Trinajstić information content (AvgIpc) is 2.51. The Bertz CT molecular complexity index is 689. The van der Waals surface area contributed by atoms with E-state index in [0.717, 1.165) is 30.2 Å². The van der Waals surface area contributed by atoms with Gasteiger partial charge in [-0.15, -0.1) is 0 Å². The van der Waals surface area contributed by atoms with E-state index in [-0.39, 0.29) is 5.91 Å². The van der Waals surface area contributed by atoms with Gasteiger partial charge in [0.2, 0.25) is 15.9 Å². The molecule has 5 nitrogen and oxygen atoms in total. The quantitative estimate of drug-likeness (QED) is 0.841. The molecular weight excluding hydrogens is 336 g/mol. The number of sulfonamides is 1. The standard InChI is InChI=1S/C19H30N2O3S/c1-14-10-15(2)12-18(11-14)21(25(4,23)24)16(3)19(22)20-13-17-8-6-5-7-9-17/h10-12,16-17H,5-9,13H2,1-4H3,(H,20,22). The van der Waals surface area contributed by atoms with Crippen molar-refractivity contribution in [1.82, 2.24) is 5.32 Å².